The molecule has 1 atom stereocenters. The Balaban J connectivity index is 1.76. The van der Waals surface area contributed by atoms with Gasteiger partial charge in [0, 0.05) is 43.5 Å². The second kappa shape index (κ2) is 8.93. The smallest absolute Gasteiger partial charge is 0.407 e. The summed E-state index contributed by atoms with van der Waals surface area (Å²) in [6.45, 7) is 5.60. The van der Waals surface area contributed by atoms with Crippen LogP contribution in [0.4, 0.5) is 14.9 Å². The Morgan fingerprint density at radius 3 is 2.73 bits per heavy atom. The molecule has 1 fully saturated rings. The van der Waals surface area contributed by atoms with E-state index in [1.54, 1.807) is 18.2 Å². The van der Waals surface area contributed by atoms with E-state index in [0.29, 0.717) is 43.0 Å². The van der Waals surface area contributed by atoms with Gasteiger partial charge in [-0.3, -0.25) is 9.69 Å². The van der Waals surface area contributed by atoms with Gasteiger partial charge in [0.1, 0.15) is 5.82 Å². The van der Waals surface area contributed by atoms with Gasteiger partial charge in [0.05, 0.1) is 11.6 Å². The zero-order valence-corrected chi connectivity index (χ0v) is 16.9. The maximum absolute atomic E-state index is 14.3. The zero-order valence-electron chi connectivity index (χ0n) is 16.9. The Kier molecular flexibility index (Phi) is 6.33. The molecule has 0 saturated carbocycles. The highest BCUT2D eigenvalue weighted by Crippen LogP contribution is 2.24. The number of rotatable bonds is 4. The van der Waals surface area contributed by atoms with Crippen molar-refractivity contribution < 1.29 is 19.1 Å². The number of hydrogen-bond donors (Lipinski definition) is 2. The molecular weight excluding hydrogens is 387 g/mol. The SMILES string of the molecule is Cc1c(CN2CCN(C(=O)O)[C@@H](C)C2)cc(F)cc1NC(=O)c1cccc(C#N)c1. The minimum Gasteiger partial charge on any atom is -0.465 e. The molecule has 1 aliphatic rings. The molecule has 0 radical (unpaired) electrons. The Hall–Kier alpha value is -3.44. The van der Waals surface area contributed by atoms with Crippen LogP contribution in [0, 0.1) is 24.1 Å². The number of benzene rings is 2. The lowest BCUT2D eigenvalue weighted by Gasteiger charge is -2.38. The van der Waals surface area contributed by atoms with Crippen molar-refractivity contribution in [3.05, 3.63) is 64.5 Å². The molecular formula is C22H23FN4O3. The van der Waals surface area contributed by atoms with Gasteiger partial charge in [-0.05, 0) is 55.3 Å². The number of nitriles is 1. The highest BCUT2D eigenvalue weighted by molar-refractivity contribution is 6.04. The molecule has 0 unspecified atom stereocenters. The number of carbonyl (C=O) groups excluding carboxylic acids is 1. The van der Waals surface area contributed by atoms with E-state index in [0.717, 1.165) is 11.1 Å². The van der Waals surface area contributed by atoms with Crippen LogP contribution >= 0.6 is 0 Å². The van der Waals surface area contributed by atoms with Gasteiger partial charge >= 0.3 is 6.09 Å². The Morgan fingerprint density at radius 2 is 2.07 bits per heavy atom. The molecule has 3 rings (SSSR count). The number of carboxylic acid groups (broad SMARTS) is 1. The normalized spacial score (nSPS) is 16.7. The largest absolute Gasteiger partial charge is 0.465 e. The number of anilines is 1. The van der Waals surface area contributed by atoms with Crippen LogP contribution in [-0.2, 0) is 6.54 Å². The average molecular weight is 410 g/mol. The summed E-state index contributed by atoms with van der Waals surface area (Å²) in [5.41, 5.74) is 2.53. The van der Waals surface area contributed by atoms with Crippen molar-refractivity contribution in [1.82, 2.24) is 9.80 Å². The second-order valence-electron chi connectivity index (χ2n) is 7.44. The minimum absolute atomic E-state index is 0.156. The predicted octanol–water partition coefficient (Wildman–Crippen LogP) is 3.44. The summed E-state index contributed by atoms with van der Waals surface area (Å²) in [6.07, 6.45) is -0.936. The van der Waals surface area contributed by atoms with Crippen molar-refractivity contribution >= 4 is 17.7 Å². The first kappa shape index (κ1) is 21.3. The van der Waals surface area contributed by atoms with Gasteiger partial charge in [-0.15, -0.1) is 0 Å². The highest BCUT2D eigenvalue weighted by Gasteiger charge is 2.27. The zero-order chi connectivity index (χ0) is 21.8. The third-order valence-electron chi connectivity index (χ3n) is 5.33. The average Bonchev–Trinajstić information content (AvgIpc) is 2.71. The van der Waals surface area contributed by atoms with Crippen molar-refractivity contribution in [2.45, 2.75) is 26.4 Å². The van der Waals surface area contributed by atoms with Crippen molar-refractivity contribution in [3.63, 3.8) is 0 Å². The molecule has 156 valence electrons. The molecule has 1 heterocycles. The van der Waals surface area contributed by atoms with Crippen LogP contribution in [0.1, 0.15) is 34.0 Å². The molecule has 2 aromatic carbocycles. The van der Waals surface area contributed by atoms with Crippen LogP contribution in [0.3, 0.4) is 0 Å². The van der Waals surface area contributed by atoms with E-state index in [9.17, 15) is 19.1 Å². The van der Waals surface area contributed by atoms with E-state index >= 15 is 0 Å². The summed E-state index contributed by atoms with van der Waals surface area (Å²) in [5, 5.41) is 20.9. The van der Waals surface area contributed by atoms with Crippen LogP contribution in [0.2, 0.25) is 0 Å². The lowest BCUT2D eigenvalue weighted by atomic mass is 10.0. The first-order chi connectivity index (χ1) is 14.3. The molecule has 2 aromatic rings. The summed E-state index contributed by atoms with van der Waals surface area (Å²) in [4.78, 5) is 27.3. The monoisotopic (exact) mass is 410 g/mol. The number of hydrogen-bond acceptors (Lipinski definition) is 4. The van der Waals surface area contributed by atoms with Crippen molar-refractivity contribution in [1.29, 1.82) is 5.26 Å². The molecule has 1 saturated heterocycles. The Bertz CT molecular complexity index is 1020. The van der Waals surface area contributed by atoms with Crippen LogP contribution in [0.25, 0.3) is 0 Å². The lowest BCUT2D eigenvalue weighted by molar-refractivity contribution is 0.0710. The van der Waals surface area contributed by atoms with E-state index in [-0.39, 0.29) is 6.04 Å². The van der Waals surface area contributed by atoms with E-state index in [4.69, 9.17) is 5.26 Å². The molecule has 0 bridgehead atoms. The summed E-state index contributed by atoms with van der Waals surface area (Å²) < 4.78 is 14.3. The van der Waals surface area contributed by atoms with E-state index in [2.05, 4.69) is 10.2 Å². The highest BCUT2D eigenvalue weighted by atomic mass is 19.1. The molecule has 0 aliphatic carbocycles. The summed E-state index contributed by atoms with van der Waals surface area (Å²) in [5.74, 6) is -0.885. The van der Waals surface area contributed by atoms with Crippen LogP contribution in [0.15, 0.2) is 36.4 Å². The van der Waals surface area contributed by atoms with E-state index in [1.807, 2.05) is 19.9 Å². The molecule has 2 N–H and O–H groups in total. The molecule has 2 amide bonds. The Morgan fingerprint density at radius 1 is 1.30 bits per heavy atom. The number of halogens is 1. The van der Waals surface area contributed by atoms with Gasteiger partial charge < -0.3 is 15.3 Å². The Labute approximate surface area is 174 Å². The second-order valence-corrected chi connectivity index (χ2v) is 7.44. The first-order valence-corrected chi connectivity index (χ1v) is 9.61. The van der Waals surface area contributed by atoms with Crippen LogP contribution in [0.5, 0.6) is 0 Å². The van der Waals surface area contributed by atoms with Gasteiger partial charge in [-0.1, -0.05) is 6.07 Å². The maximum Gasteiger partial charge on any atom is 0.407 e. The third kappa shape index (κ3) is 4.75. The van der Waals surface area contributed by atoms with Crippen molar-refractivity contribution in [2.24, 2.45) is 0 Å². The molecule has 0 spiro atoms. The standard InChI is InChI=1S/C22H23FN4O3/c1-14-12-26(6-7-27(14)22(29)30)13-18-9-19(23)10-20(15(18)2)25-21(28)17-5-3-4-16(8-17)11-24/h3-5,8-10,14H,6-7,12-13H2,1-2H3,(H,25,28)(H,29,30)/t14-/m0/s1. The number of piperazine rings is 1. The molecule has 30 heavy (non-hydrogen) atoms. The molecule has 7 nitrogen and oxygen atoms in total. The van der Waals surface area contributed by atoms with Crippen molar-refractivity contribution in [3.8, 4) is 6.07 Å². The molecule has 8 heteroatoms. The van der Waals surface area contributed by atoms with Gasteiger partial charge in [0.15, 0.2) is 0 Å². The summed E-state index contributed by atoms with van der Waals surface area (Å²) in [6, 6.07) is 10.8. The van der Waals surface area contributed by atoms with Crippen LogP contribution < -0.4 is 5.32 Å². The predicted molar refractivity (Wildman–Crippen MR) is 110 cm³/mol. The maximum atomic E-state index is 14.3. The van der Waals surface area contributed by atoms with Crippen molar-refractivity contribution in [2.75, 3.05) is 25.0 Å². The van der Waals surface area contributed by atoms with Gasteiger partial charge in [-0.25, -0.2) is 9.18 Å². The third-order valence-corrected chi connectivity index (χ3v) is 5.33. The van der Waals surface area contributed by atoms with Gasteiger partial charge in [0.25, 0.3) is 5.91 Å². The topological polar surface area (TPSA) is 96.7 Å². The first-order valence-electron chi connectivity index (χ1n) is 9.61. The minimum atomic E-state index is -0.936. The fourth-order valence-corrected chi connectivity index (χ4v) is 3.66. The van der Waals surface area contributed by atoms with E-state index < -0.39 is 17.8 Å². The number of amides is 2. The quantitative estimate of drug-likeness (QED) is 0.805. The van der Waals surface area contributed by atoms with Crippen LogP contribution in [-0.4, -0.2) is 52.6 Å². The number of nitrogens with zero attached hydrogens (tertiary/aromatic N) is 3. The molecule has 1 aliphatic heterocycles. The van der Waals surface area contributed by atoms with Gasteiger partial charge in [-0.2, -0.15) is 5.26 Å². The fourth-order valence-electron chi connectivity index (χ4n) is 3.66. The van der Waals surface area contributed by atoms with E-state index in [1.165, 1.54) is 23.1 Å². The molecule has 0 aromatic heterocycles. The lowest BCUT2D eigenvalue weighted by Crippen LogP contribution is -2.53. The van der Waals surface area contributed by atoms with Gasteiger partial charge in [0.2, 0.25) is 0 Å². The fraction of sp³-hybridized carbons (Fsp3) is 0.318. The number of carbonyl (C=O) groups is 2. The summed E-state index contributed by atoms with van der Waals surface area (Å²) >= 11 is 0. The summed E-state index contributed by atoms with van der Waals surface area (Å²) in [7, 11) is 0. The number of nitrogens with one attached hydrogen (secondary N) is 1.